The summed E-state index contributed by atoms with van der Waals surface area (Å²) in [4.78, 5) is 13.1. The Morgan fingerprint density at radius 3 is 3.00 bits per heavy atom. The van der Waals surface area contributed by atoms with Crippen molar-refractivity contribution in [3.05, 3.63) is 28.8 Å². The van der Waals surface area contributed by atoms with E-state index in [4.69, 9.17) is 4.98 Å². The first kappa shape index (κ1) is 14.5. The van der Waals surface area contributed by atoms with Crippen LogP contribution in [0, 0.1) is 0 Å². The maximum absolute atomic E-state index is 4.91. The van der Waals surface area contributed by atoms with Crippen molar-refractivity contribution in [2.75, 3.05) is 18.0 Å². The van der Waals surface area contributed by atoms with Gasteiger partial charge in [0.15, 0.2) is 5.13 Å². The fraction of sp³-hybridized carbons (Fsp3) is 0.600. The molecule has 0 fully saturated rings. The second-order valence-electron chi connectivity index (χ2n) is 5.70. The number of nitrogens with zero attached hydrogens (tertiary/aromatic N) is 4. The van der Waals surface area contributed by atoms with Crippen molar-refractivity contribution in [2.24, 2.45) is 0 Å². The molecule has 1 aliphatic heterocycles. The van der Waals surface area contributed by atoms with Crippen molar-refractivity contribution in [2.45, 2.75) is 46.3 Å². The maximum atomic E-state index is 4.91. The number of rotatable bonds is 5. The van der Waals surface area contributed by atoms with E-state index < -0.39 is 0 Å². The average molecular weight is 305 g/mol. The number of anilines is 1. The second-order valence-corrected chi connectivity index (χ2v) is 6.76. The van der Waals surface area contributed by atoms with Crippen LogP contribution >= 0.6 is 11.3 Å². The third kappa shape index (κ3) is 2.96. The molecule has 0 atom stereocenters. The SMILES string of the molecule is CCNCc1sc(N2CCn3ccnc3C2)nc1C(C)C. The van der Waals surface area contributed by atoms with E-state index in [0.29, 0.717) is 5.92 Å². The van der Waals surface area contributed by atoms with Gasteiger partial charge in [0.05, 0.1) is 12.2 Å². The van der Waals surface area contributed by atoms with E-state index in [-0.39, 0.29) is 0 Å². The molecular formula is C15H23N5S. The summed E-state index contributed by atoms with van der Waals surface area (Å²) in [6.45, 7) is 11.4. The highest BCUT2D eigenvalue weighted by Gasteiger charge is 2.22. The van der Waals surface area contributed by atoms with Gasteiger partial charge in [-0.3, -0.25) is 0 Å². The third-order valence-corrected chi connectivity index (χ3v) is 4.95. The van der Waals surface area contributed by atoms with Crippen LogP contribution in [-0.2, 0) is 19.6 Å². The molecule has 0 saturated heterocycles. The van der Waals surface area contributed by atoms with Crippen molar-refractivity contribution >= 4 is 16.5 Å². The Morgan fingerprint density at radius 2 is 2.24 bits per heavy atom. The molecule has 3 heterocycles. The summed E-state index contributed by atoms with van der Waals surface area (Å²) < 4.78 is 2.23. The molecular weight excluding hydrogens is 282 g/mol. The van der Waals surface area contributed by atoms with E-state index in [1.807, 2.05) is 17.5 Å². The lowest BCUT2D eigenvalue weighted by Crippen LogP contribution is -2.33. The quantitative estimate of drug-likeness (QED) is 0.922. The van der Waals surface area contributed by atoms with Gasteiger partial charge in [-0.05, 0) is 12.5 Å². The zero-order valence-corrected chi connectivity index (χ0v) is 13.8. The molecule has 1 N–H and O–H groups in total. The fourth-order valence-electron chi connectivity index (χ4n) is 2.64. The zero-order chi connectivity index (χ0) is 14.8. The Labute approximate surface area is 130 Å². The lowest BCUT2D eigenvalue weighted by Gasteiger charge is -2.27. The number of nitrogens with one attached hydrogen (secondary N) is 1. The summed E-state index contributed by atoms with van der Waals surface area (Å²) in [5.74, 6) is 1.60. The largest absolute Gasteiger partial charge is 0.339 e. The van der Waals surface area contributed by atoms with Crippen molar-refractivity contribution in [3.8, 4) is 0 Å². The second kappa shape index (κ2) is 6.15. The van der Waals surface area contributed by atoms with Crippen molar-refractivity contribution in [3.63, 3.8) is 0 Å². The highest BCUT2D eigenvalue weighted by molar-refractivity contribution is 7.15. The Balaban J connectivity index is 1.82. The van der Waals surface area contributed by atoms with Crippen LogP contribution in [0.15, 0.2) is 12.4 Å². The summed E-state index contributed by atoms with van der Waals surface area (Å²) in [5.41, 5.74) is 1.24. The van der Waals surface area contributed by atoms with E-state index in [2.05, 4.69) is 46.7 Å². The molecule has 0 saturated carbocycles. The standard InChI is InChI=1S/C15H23N5S/c1-4-16-9-12-14(11(2)3)18-15(21-12)20-8-7-19-6-5-17-13(19)10-20/h5-6,11,16H,4,7-10H2,1-3H3. The molecule has 5 nitrogen and oxygen atoms in total. The first-order valence-electron chi connectivity index (χ1n) is 7.64. The van der Waals surface area contributed by atoms with Gasteiger partial charge in [0, 0.05) is 36.9 Å². The van der Waals surface area contributed by atoms with Gasteiger partial charge in [-0.25, -0.2) is 9.97 Å². The summed E-state index contributed by atoms with van der Waals surface area (Å²) >= 11 is 1.83. The average Bonchev–Trinajstić information content (AvgIpc) is 3.10. The Hall–Kier alpha value is -1.40. The van der Waals surface area contributed by atoms with E-state index in [0.717, 1.165) is 43.7 Å². The number of imidazole rings is 1. The molecule has 0 bridgehead atoms. The van der Waals surface area contributed by atoms with E-state index in [1.165, 1.54) is 10.6 Å². The van der Waals surface area contributed by atoms with Crippen LogP contribution < -0.4 is 10.2 Å². The normalized spacial score (nSPS) is 14.8. The summed E-state index contributed by atoms with van der Waals surface area (Å²) in [7, 11) is 0. The molecule has 0 aliphatic carbocycles. The van der Waals surface area contributed by atoms with Crippen LogP contribution in [0.25, 0.3) is 0 Å². The van der Waals surface area contributed by atoms with Gasteiger partial charge in [0.2, 0.25) is 0 Å². The van der Waals surface area contributed by atoms with Crippen molar-refractivity contribution in [1.29, 1.82) is 0 Å². The molecule has 21 heavy (non-hydrogen) atoms. The minimum Gasteiger partial charge on any atom is -0.339 e. The number of hydrogen-bond donors (Lipinski definition) is 1. The molecule has 6 heteroatoms. The van der Waals surface area contributed by atoms with E-state index >= 15 is 0 Å². The summed E-state index contributed by atoms with van der Waals surface area (Å²) in [5, 5.41) is 4.56. The molecule has 3 rings (SSSR count). The van der Waals surface area contributed by atoms with Crippen LogP contribution in [0.4, 0.5) is 5.13 Å². The number of fused-ring (bicyclic) bond motifs is 1. The third-order valence-electron chi connectivity index (χ3n) is 3.81. The molecule has 2 aromatic rings. The first-order valence-corrected chi connectivity index (χ1v) is 8.46. The summed E-state index contributed by atoms with van der Waals surface area (Å²) in [6, 6.07) is 0. The van der Waals surface area contributed by atoms with Crippen LogP contribution in [0.2, 0.25) is 0 Å². The van der Waals surface area contributed by atoms with Crippen LogP contribution in [0.3, 0.4) is 0 Å². The predicted octanol–water partition coefficient (Wildman–Crippen LogP) is 2.59. The molecule has 0 amide bonds. The number of hydrogen-bond acceptors (Lipinski definition) is 5. The lowest BCUT2D eigenvalue weighted by atomic mass is 10.1. The number of aromatic nitrogens is 3. The van der Waals surface area contributed by atoms with Gasteiger partial charge in [-0.1, -0.05) is 20.8 Å². The minimum atomic E-state index is 0.468. The topological polar surface area (TPSA) is 46.0 Å². The molecule has 0 aromatic carbocycles. The Kier molecular flexibility index (Phi) is 4.26. The molecule has 0 radical (unpaired) electrons. The Morgan fingerprint density at radius 1 is 1.38 bits per heavy atom. The molecule has 114 valence electrons. The summed E-state index contributed by atoms with van der Waals surface area (Å²) in [6.07, 6.45) is 3.95. The lowest BCUT2D eigenvalue weighted by molar-refractivity contribution is 0.558. The zero-order valence-electron chi connectivity index (χ0n) is 13.0. The molecule has 0 spiro atoms. The van der Waals surface area contributed by atoms with Gasteiger partial charge >= 0.3 is 0 Å². The smallest absolute Gasteiger partial charge is 0.186 e. The molecule has 0 unspecified atom stereocenters. The van der Waals surface area contributed by atoms with Crippen LogP contribution in [0.5, 0.6) is 0 Å². The highest BCUT2D eigenvalue weighted by Crippen LogP contribution is 2.32. The van der Waals surface area contributed by atoms with Crippen LogP contribution in [-0.4, -0.2) is 27.6 Å². The van der Waals surface area contributed by atoms with Crippen molar-refractivity contribution < 1.29 is 0 Å². The monoisotopic (exact) mass is 305 g/mol. The molecule has 2 aromatic heterocycles. The van der Waals surface area contributed by atoms with Gasteiger partial charge in [0.25, 0.3) is 0 Å². The number of thiazole rings is 1. The first-order chi connectivity index (χ1) is 10.2. The van der Waals surface area contributed by atoms with Gasteiger partial charge in [-0.2, -0.15) is 0 Å². The van der Waals surface area contributed by atoms with Crippen LogP contribution in [0.1, 0.15) is 43.1 Å². The predicted molar refractivity (Wildman–Crippen MR) is 86.9 cm³/mol. The van der Waals surface area contributed by atoms with Crippen molar-refractivity contribution in [1.82, 2.24) is 19.9 Å². The maximum Gasteiger partial charge on any atom is 0.186 e. The fourth-order valence-corrected chi connectivity index (χ4v) is 3.85. The minimum absolute atomic E-state index is 0.468. The highest BCUT2D eigenvalue weighted by atomic mass is 32.1. The van der Waals surface area contributed by atoms with Gasteiger partial charge in [-0.15, -0.1) is 11.3 Å². The van der Waals surface area contributed by atoms with Gasteiger partial charge in [0.1, 0.15) is 5.82 Å². The Bertz CT molecular complexity index is 601. The molecule has 1 aliphatic rings. The van der Waals surface area contributed by atoms with Gasteiger partial charge < -0.3 is 14.8 Å². The van der Waals surface area contributed by atoms with E-state index in [9.17, 15) is 0 Å². The van der Waals surface area contributed by atoms with E-state index in [1.54, 1.807) is 0 Å².